The summed E-state index contributed by atoms with van der Waals surface area (Å²) in [6, 6.07) is 21.8. The van der Waals surface area contributed by atoms with Crippen molar-refractivity contribution >= 4 is 11.0 Å². The van der Waals surface area contributed by atoms with Crippen molar-refractivity contribution in [2.45, 2.75) is 6.61 Å². The molecule has 3 aromatic carbocycles. The quantitative estimate of drug-likeness (QED) is 0.546. The van der Waals surface area contributed by atoms with E-state index < -0.39 is 11.2 Å². The minimum absolute atomic E-state index is 0.122. The summed E-state index contributed by atoms with van der Waals surface area (Å²) < 4.78 is 16.7. The molecule has 1 heterocycles. The Hall–Kier alpha value is -3.73. The number of hydrogen-bond donors (Lipinski definition) is 1. The summed E-state index contributed by atoms with van der Waals surface area (Å²) in [7, 11) is 1.51. The number of rotatable bonds is 5. The van der Waals surface area contributed by atoms with Gasteiger partial charge in [-0.3, -0.25) is 4.79 Å². The van der Waals surface area contributed by atoms with Gasteiger partial charge in [0, 0.05) is 5.56 Å². The molecule has 0 saturated carbocycles. The topological polar surface area (TPSA) is 68.9 Å². The predicted octanol–water partition coefficient (Wildman–Crippen LogP) is 4.75. The molecule has 28 heavy (non-hydrogen) atoms. The number of ether oxygens (including phenoxy) is 2. The summed E-state index contributed by atoms with van der Waals surface area (Å²) >= 11 is 0. The molecule has 4 aromatic rings. The second-order valence-electron chi connectivity index (χ2n) is 6.27. The summed E-state index contributed by atoms with van der Waals surface area (Å²) in [5.41, 5.74) is 1.53. The third-order valence-electron chi connectivity index (χ3n) is 4.44. The van der Waals surface area contributed by atoms with Gasteiger partial charge < -0.3 is 19.0 Å². The molecule has 0 saturated heterocycles. The van der Waals surface area contributed by atoms with Crippen molar-refractivity contribution in [3.8, 4) is 28.6 Å². The normalized spacial score (nSPS) is 10.8. The number of benzene rings is 3. The van der Waals surface area contributed by atoms with Crippen molar-refractivity contribution in [1.29, 1.82) is 0 Å². The van der Waals surface area contributed by atoms with E-state index in [9.17, 15) is 9.90 Å². The van der Waals surface area contributed by atoms with Gasteiger partial charge in [0.15, 0.2) is 5.76 Å². The molecule has 5 heteroatoms. The molecule has 140 valence electrons. The maximum Gasteiger partial charge on any atom is 0.235 e. The van der Waals surface area contributed by atoms with E-state index in [2.05, 4.69) is 0 Å². The average Bonchev–Trinajstić information content (AvgIpc) is 2.75. The van der Waals surface area contributed by atoms with Crippen LogP contribution < -0.4 is 14.9 Å². The van der Waals surface area contributed by atoms with E-state index >= 15 is 0 Å². The van der Waals surface area contributed by atoms with Crippen molar-refractivity contribution in [2.24, 2.45) is 0 Å². The zero-order valence-electron chi connectivity index (χ0n) is 15.2. The Morgan fingerprint density at radius 1 is 0.929 bits per heavy atom. The highest BCUT2D eigenvalue weighted by Gasteiger charge is 2.16. The highest BCUT2D eigenvalue weighted by Crippen LogP contribution is 2.32. The molecule has 0 amide bonds. The third-order valence-corrected chi connectivity index (χ3v) is 4.44. The van der Waals surface area contributed by atoms with Crippen molar-refractivity contribution in [2.75, 3.05) is 7.11 Å². The van der Waals surface area contributed by atoms with Crippen LogP contribution in [0.15, 0.2) is 82.0 Å². The first-order valence-electron chi connectivity index (χ1n) is 8.76. The fourth-order valence-corrected chi connectivity index (χ4v) is 2.93. The molecule has 0 unspecified atom stereocenters. The van der Waals surface area contributed by atoms with Crippen LogP contribution in [0.4, 0.5) is 0 Å². The summed E-state index contributed by atoms with van der Waals surface area (Å²) in [6.07, 6.45) is 0. The first-order valence-corrected chi connectivity index (χ1v) is 8.76. The molecule has 0 bridgehead atoms. The standard InChI is InChI=1S/C23H18O5/c1-26-18-11-12-20-19(13-18)21(24)22(25)23(28-20)16-7-9-17(10-8-16)27-14-15-5-3-2-4-6-15/h2-13,25H,14H2,1H3. The molecule has 0 atom stereocenters. The Balaban J connectivity index is 1.63. The van der Waals surface area contributed by atoms with Crippen LogP contribution in [0, 0.1) is 0 Å². The number of methoxy groups -OCH3 is 1. The van der Waals surface area contributed by atoms with Crippen LogP contribution in [-0.4, -0.2) is 12.2 Å². The lowest BCUT2D eigenvalue weighted by Crippen LogP contribution is -2.03. The maximum atomic E-state index is 12.5. The largest absolute Gasteiger partial charge is 0.502 e. The van der Waals surface area contributed by atoms with Gasteiger partial charge in [-0.25, -0.2) is 0 Å². The van der Waals surface area contributed by atoms with Gasteiger partial charge in [-0.2, -0.15) is 0 Å². The van der Waals surface area contributed by atoms with E-state index in [1.54, 1.807) is 42.5 Å². The lowest BCUT2D eigenvalue weighted by Gasteiger charge is -2.09. The summed E-state index contributed by atoms with van der Waals surface area (Å²) in [5, 5.41) is 10.6. The van der Waals surface area contributed by atoms with Crippen LogP contribution in [-0.2, 0) is 6.61 Å². The Morgan fingerprint density at radius 2 is 1.64 bits per heavy atom. The number of fused-ring (bicyclic) bond motifs is 1. The van der Waals surface area contributed by atoms with Gasteiger partial charge >= 0.3 is 0 Å². The first kappa shape index (κ1) is 17.7. The molecule has 5 nitrogen and oxygen atoms in total. The van der Waals surface area contributed by atoms with Gasteiger partial charge in [0.1, 0.15) is 23.7 Å². The van der Waals surface area contributed by atoms with Crippen LogP contribution in [0.1, 0.15) is 5.56 Å². The first-order chi connectivity index (χ1) is 13.7. The summed E-state index contributed by atoms with van der Waals surface area (Å²) in [4.78, 5) is 12.5. The molecule has 0 spiro atoms. The van der Waals surface area contributed by atoms with E-state index in [-0.39, 0.29) is 11.1 Å². The molecular formula is C23H18O5. The van der Waals surface area contributed by atoms with Crippen molar-refractivity contribution in [1.82, 2.24) is 0 Å². The number of hydrogen-bond acceptors (Lipinski definition) is 5. The maximum absolute atomic E-state index is 12.5. The summed E-state index contributed by atoms with van der Waals surface area (Å²) in [6.45, 7) is 0.457. The van der Waals surface area contributed by atoms with Gasteiger partial charge in [0.05, 0.1) is 12.5 Å². The van der Waals surface area contributed by atoms with Crippen molar-refractivity contribution in [3.63, 3.8) is 0 Å². The second-order valence-corrected chi connectivity index (χ2v) is 6.27. The van der Waals surface area contributed by atoms with Crippen LogP contribution in [0.5, 0.6) is 17.2 Å². The molecule has 1 N–H and O–H groups in total. The van der Waals surface area contributed by atoms with Crippen molar-refractivity contribution < 1.29 is 19.0 Å². The van der Waals surface area contributed by atoms with Gasteiger partial charge in [-0.15, -0.1) is 0 Å². The zero-order valence-corrected chi connectivity index (χ0v) is 15.2. The Labute approximate surface area is 161 Å². The fraction of sp³-hybridized carbons (Fsp3) is 0.0870. The SMILES string of the molecule is COc1ccc2oc(-c3ccc(OCc4ccccc4)cc3)c(O)c(=O)c2c1. The monoisotopic (exact) mass is 374 g/mol. The van der Waals surface area contributed by atoms with E-state index in [1.165, 1.54) is 7.11 Å². The minimum Gasteiger partial charge on any atom is -0.502 e. The van der Waals surface area contributed by atoms with E-state index in [0.717, 1.165) is 5.56 Å². The smallest absolute Gasteiger partial charge is 0.235 e. The fourth-order valence-electron chi connectivity index (χ4n) is 2.93. The highest BCUT2D eigenvalue weighted by molar-refractivity contribution is 5.83. The van der Waals surface area contributed by atoms with E-state index in [1.807, 2.05) is 30.3 Å². The van der Waals surface area contributed by atoms with Crippen LogP contribution in [0.2, 0.25) is 0 Å². The molecule has 0 aliphatic rings. The molecule has 4 rings (SSSR count). The minimum atomic E-state index is -0.500. The van der Waals surface area contributed by atoms with Gasteiger partial charge in [-0.1, -0.05) is 30.3 Å². The zero-order chi connectivity index (χ0) is 19.5. The lowest BCUT2D eigenvalue weighted by atomic mass is 10.1. The van der Waals surface area contributed by atoms with Crippen LogP contribution >= 0.6 is 0 Å². The third kappa shape index (κ3) is 3.42. The lowest BCUT2D eigenvalue weighted by molar-refractivity contribution is 0.306. The van der Waals surface area contributed by atoms with E-state index in [0.29, 0.717) is 29.3 Å². The molecule has 0 aliphatic heterocycles. The predicted molar refractivity (Wildman–Crippen MR) is 107 cm³/mol. The van der Waals surface area contributed by atoms with Crippen LogP contribution in [0.25, 0.3) is 22.3 Å². The summed E-state index contributed by atoms with van der Waals surface area (Å²) in [5.74, 6) is 0.891. The van der Waals surface area contributed by atoms with Gasteiger partial charge in [0.2, 0.25) is 11.2 Å². The second kappa shape index (κ2) is 7.48. The average molecular weight is 374 g/mol. The molecule has 0 aliphatic carbocycles. The van der Waals surface area contributed by atoms with Crippen LogP contribution in [0.3, 0.4) is 0 Å². The number of aromatic hydroxyl groups is 1. The van der Waals surface area contributed by atoms with Gasteiger partial charge in [-0.05, 0) is 48.0 Å². The van der Waals surface area contributed by atoms with Crippen molar-refractivity contribution in [3.05, 3.63) is 88.6 Å². The van der Waals surface area contributed by atoms with Gasteiger partial charge in [0.25, 0.3) is 0 Å². The Bertz CT molecular complexity index is 1160. The Kier molecular flexibility index (Phi) is 4.72. The molecule has 0 radical (unpaired) electrons. The molecule has 1 aromatic heterocycles. The highest BCUT2D eigenvalue weighted by atomic mass is 16.5. The molecular weight excluding hydrogens is 356 g/mol. The van der Waals surface area contributed by atoms with E-state index in [4.69, 9.17) is 13.9 Å². The Morgan fingerprint density at radius 3 is 2.36 bits per heavy atom. The molecule has 0 fully saturated rings.